The molecule has 1 aliphatic rings. The normalized spacial score (nSPS) is 18.7. The molecule has 1 aromatic rings. The number of terminal acetylenes is 1. The molecule has 2 heteroatoms. The van der Waals surface area contributed by atoms with Crippen LogP contribution in [0.4, 0.5) is 0 Å². The van der Waals surface area contributed by atoms with E-state index in [4.69, 9.17) is 6.42 Å². The Hall–Kier alpha value is -1.30. The summed E-state index contributed by atoms with van der Waals surface area (Å²) in [4.78, 5) is 2.36. The van der Waals surface area contributed by atoms with Crippen molar-refractivity contribution >= 4 is 0 Å². The number of benzene rings is 1. The first-order chi connectivity index (χ1) is 9.60. The highest BCUT2D eigenvalue weighted by Crippen LogP contribution is 2.21. The minimum absolute atomic E-state index is 0.416. The van der Waals surface area contributed by atoms with Gasteiger partial charge in [0, 0.05) is 25.2 Å². The van der Waals surface area contributed by atoms with Gasteiger partial charge in [0.2, 0.25) is 0 Å². The molecule has 108 valence electrons. The zero-order chi connectivity index (χ0) is 14.5. The molecule has 2 nitrogen and oxygen atoms in total. The first-order valence-corrected chi connectivity index (χ1v) is 7.59. The fourth-order valence-electron chi connectivity index (χ4n) is 3.14. The molecule has 1 aromatic carbocycles. The molecule has 1 atom stereocenters. The molecule has 1 saturated heterocycles. The summed E-state index contributed by atoms with van der Waals surface area (Å²) in [5.74, 6) is 2.74. The number of hydrogen-bond acceptors (Lipinski definition) is 2. The van der Waals surface area contributed by atoms with Gasteiger partial charge in [-0.1, -0.05) is 29.7 Å². The maximum Gasteiger partial charge on any atom is 0.0598 e. The van der Waals surface area contributed by atoms with Crippen LogP contribution in [0.25, 0.3) is 0 Å². The SMILES string of the molecule is C#CCN1CCC(NC(C)c2ccc(C)cc2C)CC1. The van der Waals surface area contributed by atoms with E-state index in [2.05, 4.69) is 55.1 Å². The summed E-state index contributed by atoms with van der Waals surface area (Å²) in [6.07, 6.45) is 7.76. The fourth-order valence-corrected chi connectivity index (χ4v) is 3.14. The molecular formula is C18H26N2. The molecule has 0 aliphatic carbocycles. The Kier molecular flexibility index (Phi) is 5.23. The van der Waals surface area contributed by atoms with Gasteiger partial charge in [0.05, 0.1) is 6.54 Å². The van der Waals surface area contributed by atoms with Crippen LogP contribution in [0.5, 0.6) is 0 Å². The Labute approximate surface area is 123 Å². The summed E-state index contributed by atoms with van der Waals surface area (Å²) in [6, 6.07) is 7.76. The summed E-state index contributed by atoms with van der Waals surface area (Å²) in [6.45, 7) is 9.64. The van der Waals surface area contributed by atoms with Crippen LogP contribution in [-0.2, 0) is 0 Å². The van der Waals surface area contributed by atoms with E-state index in [9.17, 15) is 0 Å². The summed E-state index contributed by atoms with van der Waals surface area (Å²) in [7, 11) is 0. The quantitative estimate of drug-likeness (QED) is 0.846. The third-order valence-electron chi connectivity index (χ3n) is 4.28. The third-order valence-corrected chi connectivity index (χ3v) is 4.28. The smallest absolute Gasteiger partial charge is 0.0598 e. The number of aryl methyl sites for hydroxylation is 2. The molecule has 1 unspecified atom stereocenters. The van der Waals surface area contributed by atoms with Crippen LogP contribution in [-0.4, -0.2) is 30.6 Å². The Morgan fingerprint density at radius 2 is 2.05 bits per heavy atom. The monoisotopic (exact) mass is 270 g/mol. The number of hydrogen-bond donors (Lipinski definition) is 1. The molecule has 1 heterocycles. The van der Waals surface area contributed by atoms with E-state index in [0.29, 0.717) is 12.1 Å². The van der Waals surface area contributed by atoms with Crippen molar-refractivity contribution in [3.63, 3.8) is 0 Å². The third kappa shape index (κ3) is 3.85. The van der Waals surface area contributed by atoms with Gasteiger partial charge >= 0.3 is 0 Å². The van der Waals surface area contributed by atoms with Crippen molar-refractivity contribution in [2.75, 3.05) is 19.6 Å². The van der Waals surface area contributed by atoms with Crippen molar-refractivity contribution in [3.8, 4) is 12.3 Å². The number of rotatable bonds is 4. The van der Waals surface area contributed by atoms with Crippen LogP contribution in [0.1, 0.15) is 42.5 Å². The lowest BCUT2D eigenvalue weighted by Gasteiger charge is -2.33. The Morgan fingerprint density at radius 1 is 1.35 bits per heavy atom. The van der Waals surface area contributed by atoms with E-state index in [1.807, 2.05) is 0 Å². The number of piperidine rings is 1. The zero-order valence-electron chi connectivity index (χ0n) is 12.9. The van der Waals surface area contributed by atoms with Gasteiger partial charge in [-0.2, -0.15) is 0 Å². The summed E-state index contributed by atoms with van der Waals surface area (Å²) >= 11 is 0. The molecule has 0 radical (unpaired) electrons. The molecule has 1 N–H and O–H groups in total. The average molecular weight is 270 g/mol. The van der Waals surface area contributed by atoms with Gasteiger partial charge < -0.3 is 5.32 Å². The van der Waals surface area contributed by atoms with Gasteiger partial charge in [0.1, 0.15) is 0 Å². The van der Waals surface area contributed by atoms with Gasteiger partial charge in [-0.25, -0.2) is 0 Å². The lowest BCUT2D eigenvalue weighted by molar-refractivity contribution is 0.211. The van der Waals surface area contributed by atoms with Crippen molar-refractivity contribution in [2.24, 2.45) is 0 Å². The Balaban J connectivity index is 1.89. The van der Waals surface area contributed by atoms with Gasteiger partial charge in [0.15, 0.2) is 0 Å². The minimum atomic E-state index is 0.416. The van der Waals surface area contributed by atoms with E-state index in [1.165, 1.54) is 29.5 Å². The van der Waals surface area contributed by atoms with E-state index in [-0.39, 0.29) is 0 Å². The standard InChI is InChI=1S/C18H26N2/c1-5-10-20-11-8-17(9-12-20)19-16(4)18-7-6-14(2)13-15(18)3/h1,6-7,13,16-17,19H,8-12H2,2-4H3. The van der Waals surface area contributed by atoms with Crippen LogP contribution in [0.3, 0.4) is 0 Å². The van der Waals surface area contributed by atoms with Crippen molar-refractivity contribution in [2.45, 2.75) is 45.7 Å². The highest BCUT2D eigenvalue weighted by molar-refractivity contribution is 5.32. The van der Waals surface area contributed by atoms with Crippen molar-refractivity contribution in [1.82, 2.24) is 10.2 Å². The minimum Gasteiger partial charge on any atom is -0.307 e. The number of likely N-dealkylation sites (tertiary alicyclic amines) is 1. The highest BCUT2D eigenvalue weighted by atomic mass is 15.1. The Bertz CT molecular complexity index is 479. The number of nitrogens with one attached hydrogen (secondary N) is 1. The maximum absolute atomic E-state index is 5.37. The molecule has 0 amide bonds. The molecule has 1 fully saturated rings. The van der Waals surface area contributed by atoms with E-state index < -0.39 is 0 Å². The lowest BCUT2D eigenvalue weighted by atomic mass is 9.97. The highest BCUT2D eigenvalue weighted by Gasteiger charge is 2.20. The van der Waals surface area contributed by atoms with Gasteiger partial charge in [-0.05, 0) is 44.7 Å². The Morgan fingerprint density at radius 3 is 2.65 bits per heavy atom. The molecule has 0 aromatic heterocycles. The van der Waals surface area contributed by atoms with Gasteiger partial charge in [-0.15, -0.1) is 6.42 Å². The predicted molar refractivity (Wildman–Crippen MR) is 85.8 cm³/mol. The van der Waals surface area contributed by atoms with Crippen LogP contribution < -0.4 is 5.32 Å². The molecule has 0 spiro atoms. The molecule has 2 rings (SSSR count). The van der Waals surface area contributed by atoms with Crippen LogP contribution >= 0.6 is 0 Å². The topological polar surface area (TPSA) is 15.3 Å². The van der Waals surface area contributed by atoms with Crippen LogP contribution in [0.15, 0.2) is 18.2 Å². The first kappa shape index (κ1) is 15.1. The molecule has 0 saturated carbocycles. The molecular weight excluding hydrogens is 244 g/mol. The van der Waals surface area contributed by atoms with Gasteiger partial charge in [-0.3, -0.25) is 4.90 Å². The summed E-state index contributed by atoms with van der Waals surface area (Å²) in [5.41, 5.74) is 4.14. The maximum atomic E-state index is 5.37. The molecule has 1 aliphatic heterocycles. The first-order valence-electron chi connectivity index (χ1n) is 7.59. The van der Waals surface area contributed by atoms with Crippen molar-refractivity contribution in [1.29, 1.82) is 0 Å². The lowest BCUT2D eigenvalue weighted by Crippen LogP contribution is -2.43. The van der Waals surface area contributed by atoms with Crippen molar-refractivity contribution in [3.05, 3.63) is 34.9 Å². The fraction of sp³-hybridized carbons (Fsp3) is 0.556. The summed E-state index contributed by atoms with van der Waals surface area (Å²) < 4.78 is 0. The molecule has 20 heavy (non-hydrogen) atoms. The second-order valence-corrected chi connectivity index (χ2v) is 6.00. The van der Waals surface area contributed by atoms with E-state index >= 15 is 0 Å². The van der Waals surface area contributed by atoms with Crippen molar-refractivity contribution < 1.29 is 0 Å². The zero-order valence-corrected chi connectivity index (χ0v) is 12.9. The predicted octanol–water partition coefficient (Wildman–Crippen LogP) is 3.05. The largest absolute Gasteiger partial charge is 0.307 e. The van der Waals surface area contributed by atoms with E-state index in [1.54, 1.807) is 0 Å². The second kappa shape index (κ2) is 6.92. The molecule has 0 bridgehead atoms. The summed E-state index contributed by atoms with van der Waals surface area (Å²) in [5, 5.41) is 3.78. The average Bonchev–Trinajstić information content (AvgIpc) is 2.41. The van der Waals surface area contributed by atoms with Crippen LogP contribution in [0, 0.1) is 26.2 Å². The number of nitrogens with zero attached hydrogens (tertiary/aromatic N) is 1. The van der Waals surface area contributed by atoms with Crippen LogP contribution in [0.2, 0.25) is 0 Å². The van der Waals surface area contributed by atoms with E-state index in [0.717, 1.165) is 19.6 Å². The van der Waals surface area contributed by atoms with Gasteiger partial charge in [0.25, 0.3) is 0 Å². The second-order valence-electron chi connectivity index (χ2n) is 6.00.